The van der Waals surface area contributed by atoms with E-state index in [1.54, 1.807) is 0 Å². The summed E-state index contributed by atoms with van der Waals surface area (Å²) in [5.41, 5.74) is -15.9. The van der Waals surface area contributed by atoms with E-state index in [1.807, 2.05) is 0 Å². The number of Topliss-reactive ketones (excluding diaryl/α,β-unsaturated/α-hetero) is 5. The van der Waals surface area contributed by atoms with Crippen LogP contribution in [0.1, 0.15) is 48.5 Å². The van der Waals surface area contributed by atoms with Crippen LogP contribution in [-0.4, -0.2) is 137 Å². The molecule has 0 aromatic heterocycles. The molecule has 2 aliphatic rings. The van der Waals surface area contributed by atoms with Gasteiger partial charge in [0.1, 0.15) is 6.10 Å². The summed E-state index contributed by atoms with van der Waals surface area (Å²) < 4.78 is 25.7. The summed E-state index contributed by atoms with van der Waals surface area (Å²) >= 11 is 0. The molecule has 43 heavy (non-hydrogen) atoms. The maximum absolute atomic E-state index is 13.6. The molecule has 0 aliphatic carbocycles. The molecule has 0 saturated carbocycles. The first kappa shape index (κ1) is 36.1. The predicted octanol–water partition coefficient (Wildman–Crippen LogP) is -4.50. The second kappa shape index (κ2) is 11.8. The van der Waals surface area contributed by atoms with Crippen molar-refractivity contribution in [3.8, 4) is 0 Å². The third kappa shape index (κ3) is 4.82. The van der Waals surface area contributed by atoms with Crippen molar-refractivity contribution in [1.29, 1.82) is 0 Å². The summed E-state index contributed by atoms with van der Waals surface area (Å²) in [5, 5.41) is 67.3. The minimum absolute atomic E-state index is 0.453. The molecule has 10 atom stereocenters. The fourth-order valence-electron chi connectivity index (χ4n) is 5.61. The maximum atomic E-state index is 13.6. The van der Waals surface area contributed by atoms with Crippen LogP contribution < -0.4 is 0 Å². The lowest BCUT2D eigenvalue weighted by Gasteiger charge is -2.65. The Balaban J connectivity index is 3.07. The molecular weight excluding hydrogens is 588 g/mol. The number of carbonyl (C=O) groups excluding carboxylic acids is 7. The average molecular weight is 623 g/mol. The Morgan fingerprint density at radius 1 is 0.674 bits per heavy atom. The van der Waals surface area contributed by atoms with Crippen molar-refractivity contribution in [2.75, 3.05) is 6.61 Å². The highest BCUT2D eigenvalue weighted by molar-refractivity contribution is 6.12. The molecule has 2 fully saturated rings. The number of esters is 2. The van der Waals surface area contributed by atoms with E-state index in [9.17, 15) is 64.2 Å². The van der Waals surface area contributed by atoms with Crippen LogP contribution in [0.3, 0.4) is 0 Å². The summed E-state index contributed by atoms with van der Waals surface area (Å²) in [6, 6.07) is 0. The molecule has 2 rings (SSSR count). The van der Waals surface area contributed by atoms with Crippen molar-refractivity contribution < 1.29 is 87.9 Å². The zero-order valence-electron chi connectivity index (χ0n) is 24.2. The Morgan fingerprint density at radius 2 is 1.14 bits per heavy atom. The van der Waals surface area contributed by atoms with E-state index in [-0.39, 0.29) is 0 Å². The molecule has 18 heteroatoms. The largest absolute Gasteiger partial charge is 0.455 e. The lowest BCUT2D eigenvalue weighted by Crippen LogP contribution is -2.95. The normalized spacial score (nSPS) is 41.1. The second-order valence-electron chi connectivity index (χ2n) is 10.3. The topological polar surface area (TPSA) is 287 Å². The molecule has 6 N–H and O–H groups in total. The van der Waals surface area contributed by atoms with Gasteiger partial charge in [-0.25, -0.2) is 0 Å². The van der Waals surface area contributed by atoms with Crippen molar-refractivity contribution in [2.24, 2.45) is 0 Å². The summed E-state index contributed by atoms with van der Waals surface area (Å²) in [6.07, 6.45) is -11.5. The number of ketones is 5. The molecule has 0 radical (unpaired) electrons. The standard InChI is InChI=1S/C25H34O18/c1-9(27)21(8-26)24(12(4)30,22(36,10(2)28)23(37,11(3)29)25(38,43-21)13(5)31)42-20-16(34)17(39-14(6)32)18(19(35)41-20)40-15(7)33/h16-20,26,34-38H,8H2,1-7H3/t16-,17+,18+,19+,20+,21+,22+,23+,24-,25+/m1/s1. The van der Waals surface area contributed by atoms with Gasteiger partial charge >= 0.3 is 11.9 Å². The van der Waals surface area contributed by atoms with Gasteiger partial charge in [0.05, 0.1) is 6.61 Å². The first-order valence-electron chi connectivity index (χ1n) is 12.6. The minimum Gasteiger partial charge on any atom is -0.455 e. The molecular formula is C25H34O18. The summed E-state index contributed by atoms with van der Waals surface area (Å²) in [4.78, 5) is 89.2. The number of rotatable bonds is 10. The van der Waals surface area contributed by atoms with Crippen LogP contribution in [0.2, 0.25) is 0 Å². The molecule has 0 aromatic carbocycles. The molecule has 0 aromatic rings. The molecule has 242 valence electrons. The van der Waals surface area contributed by atoms with Crippen LogP contribution in [0.25, 0.3) is 0 Å². The van der Waals surface area contributed by atoms with Crippen LogP contribution in [0.5, 0.6) is 0 Å². The molecule has 0 unspecified atom stereocenters. The van der Waals surface area contributed by atoms with Gasteiger partial charge in [-0.1, -0.05) is 0 Å². The van der Waals surface area contributed by atoms with E-state index in [4.69, 9.17) is 23.7 Å². The van der Waals surface area contributed by atoms with Crippen LogP contribution in [0.4, 0.5) is 0 Å². The zero-order valence-corrected chi connectivity index (χ0v) is 24.2. The lowest BCUT2D eigenvalue weighted by molar-refractivity contribution is -0.442. The van der Waals surface area contributed by atoms with Gasteiger partial charge in [0.25, 0.3) is 5.79 Å². The van der Waals surface area contributed by atoms with Gasteiger partial charge in [-0.15, -0.1) is 0 Å². The summed E-state index contributed by atoms with van der Waals surface area (Å²) in [7, 11) is 0. The van der Waals surface area contributed by atoms with Gasteiger partial charge in [-0.05, 0) is 27.7 Å². The van der Waals surface area contributed by atoms with Gasteiger partial charge in [0.2, 0.25) is 16.8 Å². The first-order valence-corrected chi connectivity index (χ1v) is 12.6. The van der Waals surface area contributed by atoms with E-state index < -0.39 is 107 Å². The Labute approximate surface area is 243 Å². The molecule has 0 amide bonds. The Kier molecular flexibility index (Phi) is 9.90. The maximum Gasteiger partial charge on any atom is 0.303 e. The molecule has 18 nitrogen and oxygen atoms in total. The van der Waals surface area contributed by atoms with E-state index >= 15 is 0 Å². The number of hydrogen-bond donors (Lipinski definition) is 6. The van der Waals surface area contributed by atoms with Crippen molar-refractivity contribution >= 4 is 40.9 Å². The van der Waals surface area contributed by atoms with Crippen LogP contribution in [0, 0.1) is 0 Å². The van der Waals surface area contributed by atoms with E-state index in [0.717, 1.165) is 13.8 Å². The van der Waals surface area contributed by atoms with Crippen LogP contribution in [-0.2, 0) is 57.2 Å². The Bertz CT molecular complexity index is 1230. The molecule has 2 aliphatic heterocycles. The highest BCUT2D eigenvalue weighted by atomic mass is 16.8. The molecule has 0 spiro atoms. The van der Waals surface area contributed by atoms with Crippen molar-refractivity contribution in [3.05, 3.63) is 0 Å². The van der Waals surface area contributed by atoms with Gasteiger partial charge in [0.15, 0.2) is 59.3 Å². The fraction of sp³-hybridized carbons (Fsp3) is 0.720. The monoisotopic (exact) mass is 622 g/mol. The quantitative estimate of drug-likeness (QED) is 0.125. The Morgan fingerprint density at radius 3 is 1.49 bits per heavy atom. The van der Waals surface area contributed by atoms with Gasteiger partial charge in [0, 0.05) is 20.8 Å². The van der Waals surface area contributed by atoms with Gasteiger partial charge in [-0.2, -0.15) is 0 Å². The number of hydrogen-bond acceptors (Lipinski definition) is 18. The highest BCUT2D eigenvalue weighted by Gasteiger charge is 2.90. The van der Waals surface area contributed by atoms with Gasteiger partial charge in [-0.3, -0.25) is 33.6 Å². The molecule has 2 heterocycles. The number of aliphatic hydroxyl groups is 6. The van der Waals surface area contributed by atoms with Crippen LogP contribution >= 0.6 is 0 Å². The average Bonchev–Trinajstić information content (AvgIpc) is 2.87. The minimum atomic E-state index is -4.23. The Hall–Kier alpha value is -3.07. The van der Waals surface area contributed by atoms with Gasteiger partial charge < -0.3 is 54.3 Å². The van der Waals surface area contributed by atoms with E-state index in [1.165, 1.54) is 0 Å². The summed E-state index contributed by atoms with van der Waals surface area (Å²) in [5.74, 6) is -14.7. The third-order valence-corrected chi connectivity index (χ3v) is 7.59. The van der Waals surface area contributed by atoms with Crippen molar-refractivity contribution in [1.82, 2.24) is 0 Å². The van der Waals surface area contributed by atoms with Crippen molar-refractivity contribution in [2.45, 2.75) is 108 Å². The molecule has 2 saturated heterocycles. The highest BCUT2D eigenvalue weighted by Crippen LogP contribution is 2.57. The number of ether oxygens (including phenoxy) is 5. The third-order valence-electron chi connectivity index (χ3n) is 7.59. The second-order valence-corrected chi connectivity index (χ2v) is 10.3. The first-order chi connectivity index (χ1) is 19.5. The molecule has 0 bridgehead atoms. The van der Waals surface area contributed by atoms with E-state index in [2.05, 4.69) is 0 Å². The van der Waals surface area contributed by atoms with Crippen molar-refractivity contribution in [3.63, 3.8) is 0 Å². The predicted molar refractivity (Wildman–Crippen MR) is 131 cm³/mol. The SMILES string of the molecule is CC(=O)O[C@H]1[C@@H](O)[C@H](O[C@@]2(C(C)=O)[C@](O)(C(C)=O)[C@@](O)(C(C)=O)[C@](O)(C(C)=O)O[C@@]2(CO)C(C)=O)O[C@H](O)[C@H]1OC(C)=O. The lowest BCUT2D eigenvalue weighted by atomic mass is 9.53. The fourth-order valence-corrected chi connectivity index (χ4v) is 5.61. The zero-order chi connectivity index (χ0) is 33.7. The number of carbonyl (C=O) groups is 7. The summed E-state index contributed by atoms with van der Waals surface area (Å²) in [6.45, 7) is 2.45. The number of aliphatic hydroxyl groups excluding tert-OH is 3. The van der Waals surface area contributed by atoms with E-state index in [0.29, 0.717) is 34.6 Å². The van der Waals surface area contributed by atoms with Crippen LogP contribution in [0.15, 0.2) is 0 Å². The smallest absolute Gasteiger partial charge is 0.303 e.